The Bertz CT molecular complexity index is 1590. The molecule has 0 aliphatic rings. The molecule has 5 rings (SSSR count). The number of nitrogens with zero attached hydrogens (tertiary/aromatic N) is 4. The fourth-order valence-electron chi connectivity index (χ4n) is 4.95. The van der Waals surface area contributed by atoms with Crippen LogP contribution in [0.15, 0.2) is 71.8 Å². The second-order valence-corrected chi connectivity index (χ2v) is 8.81. The van der Waals surface area contributed by atoms with Crippen LogP contribution in [-0.2, 0) is 18.4 Å². The molecule has 0 aliphatic carbocycles. The molecule has 0 amide bonds. The Hall–Kier alpha value is -4.13. The standard InChI is InChI=1S/C27H26N4O3/c1-17-8-7-11-21-26(17)20(15-29(21)3)16-30-24-14-28-18(2)12-23(24)31(27(30)34)22(13-25(32)33)19-9-5-4-6-10-19/h4-12,14-15,22H,13,16H2,1-3H3,(H,32,33). The number of rotatable bonds is 6. The van der Waals surface area contributed by atoms with E-state index in [2.05, 4.69) is 34.8 Å². The van der Waals surface area contributed by atoms with E-state index in [1.54, 1.807) is 15.3 Å². The minimum Gasteiger partial charge on any atom is -0.481 e. The molecule has 5 aromatic rings. The van der Waals surface area contributed by atoms with Crippen LogP contribution in [0, 0.1) is 13.8 Å². The van der Waals surface area contributed by atoms with Crippen molar-refractivity contribution in [3.8, 4) is 0 Å². The average molecular weight is 455 g/mol. The van der Waals surface area contributed by atoms with Gasteiger partial charge in [0.05, 0.1) is 36.2 Å². The number of aliphatic carboxylic acids is 1. The SMILES string of the molecule is Cc1cc2c(cn1)n(Cc1cn(C)c3cccc(C)c13)c(=O)n2C(CC(=O)O)c1ccccc1. The number of aromatic nitrogens is 4. The Morgan fingerprint density at radius 3 is 2.53 bits per heavy atom. The molecule has 172 valence electrons. The molecule has 7 nitrogen and oxygen atoms in total. The highest BCUT2D eigenvalue weighted by atomic mass is 16.4. The van der Waals surface area contributed by atoms with Crippen molar-refractivity contribution in [1.82, 2.24) is 18.7 Å². The summed E-state index contributed by atoms with van der Waals surface area (Å²) in [5.74, 6) is -0.961. The Labute approximate surface area is 196 Å². The summed E-state index contributed by atoms with van der Waals surface area (Å²) in [7, 11) is 2.00. The van der Waals surface area contributed by atoms with E-state index in [-0.39, 0.29) is 12.1 Å². The largest absolute Gasteiger partial charge is 0.481 e. The average Bonchev–Trinajstić information content (AvgIpc) is 3.27. The predicted molar refractivity (Wildman–Crippen MR) is 132 cm³/mol. The minimum atomic E-state index is -0.961. The molecule has 0 radical (unpaired) electrons. The topological polar surface area (TPSA) is 82.0 Å². The molecule has 3 aromatic heterocycles. The van der Waals surface area contributed by atoms with Crippen LogP contribution in [0.1, 0.15) is 34.8 Å². The van der Waals surface area contributed by atoms with E-state index in [9.17, 15) is 14.7 Å². The highest BCUT2D eigenvalue weighted by molar-refractivity contribution is 5.87. The third kappa shape index (κ3) is 3.59. The second-order valence-electron chi connectivity index (χ2n) is 8.81. The number of carboxylic acids is 1. The second kappa shape index (κ2) is 8.33. The van der Waals surface area contributed by atoms with Crippen LogP contribution in [0.25, 0.3) is 21.9 Å². The van der Waals surface area contributed by atoms with E-state index >= 15 is 0 Å². The van der Waals surface area contributed by atoms with Gasteiger partial charge in [-0.05, 0) is 42.7 Å². The molecule has 0 spiro atoms. The first-order chi connectivity index (χ1) is 16.3. The lowest BCUT2D eigenvalue weighted by Crippen LogP contribution is -2.29. The third-order valence-corrected chi connectivity index (χ3v) is 6.48. The number of benzene rings is 2. The summed E-state index contributed by atoms with van der Waals surface area (Å²) in [6, 6.07) is 16.7. The monoisotopic (exact) mass is 454 g/mol. The van der Waals surface area contributed by atoms with E-state index in [0.29, 0.717) is 17.6 Å². The van der Waals surface area contributed by atoms with Crippen molar-refractivity contribution in [3.63, 3.8) is 0 Å². The Morgan fingerprint density at radius 1 is 1.03 bits per heavy atom. The quantitative estimate of drug-likeness (QED) is 0.412. The number of fused-ring (bicyclic) bond motifs is 2. The van der Waals surface area contributed by atoms with Crippen molar-refractivity contribution in [2.75, 3.05) is 0 Å². The Balaban J connectivity index is 1.75. The van der Waals surface area contributed by atoms with Gasteiger partial charge in [0, 0.05) is 29.8 Å². The molecule has 0 fully saturated rings. The van der Waals surface area contributed by atoms with Crippen molar-refractivity contribution in [1.29, 1.82) is 0 Å². The van der Waals surface area contributed by atoms with Gasteiger partial charge in [0.15, 0.2) is 0 Å². The van der Waals surface area contributed by atoms with Gasteiger partial charge in [0.1, 0.15) is 0 Å². The van der Waals surface area contributed by atoms with Gasteiger partial charge in [-0.3, -0.25) is 18.9 Å². The maximum Gasteiger partial charge on any atom is 0.330 e. The number of hydrogen-bond acceptors (Lipinski definition) is 3. The van der Waals surface area contributed by atoms with Crippen LogP contribution >= 0.6 is 0 Å². The van der Waals surface area contributed by atoms with Gasteiger partial charge in [0.25, 0.3) is 0 Å². The summed E-state index contributed by atoms with van der Waals surface area (Å²) in [6.45, 7) is 4.30. The maximum absolute atomic E-state index is 13.9. The van der Waals surface area contributed by atoms with Crippen molar-refractivity contribution in [2.45, 2.75) is 32.9 Å². The molecule has 2 aromatic carbocycles. The number of carbonyl (C=O) groups is 1. The van der Waals surface area contributed by atoms with Gasteiger partial charge in [-0.2, -0.15) is 0 Å². The molecule has 7 heteroatoms. The van der Waals surface area contributed by atoms with E-state index in [1.807, 2.05) is 56.4 Å². The fourth-order valence-corrected chi connectivity index (χ4v) is 4.95. The molecule has 0 saturated heterocycles. The van der Waals surface area contributed by atoms with Crippen molar-refractivity contribution >= 4 is 27.9 Å². The molecule has 34 heavy (non-hydrogen) atoms. The first-order valence-corrected chi connectivity index (χ1v) is 11.2. The Kier molecular flexibility index (Phi) is 5.32. The molecular formula is C27H26N4O3. The third-order valence-electron chi connectivity index (χ3n) is 6.48. The molecule has 1 atom stereocenters. The van der Waals surface area contributed by atoms with Crippen LogP contribution in [-0.4, -0.2) is 29.8 Å². The van der Waals surface area contributed by atoms with Crippen molar-refractivity contribution < 1.29 is 9.90 Å². The van der Waals surface area contributed by atoms with E-state index in [1.165, 1.54) is 0 Å². The lowest BCUT2D eigenvalue weighted by Gasteiger charge is -2.17. The summed E-state index contributed by atoms with van der Waals surface area (Å²) >= 11 is 0. The molecule has 0 bridgehead atoms. The number of imidazole rings is 1. The number of hydrogen-bond donors (Lipinski definition) is 1. The molecule has 1 N–H and O–H groups in total. The normalized spacial score (nSPS) is 12.4. The van der Waals surface area contributed by atoms with Gasteiger partial charge in [0.2, 0.25) is 0 Å². The van der Waals surface area contributed by atoms with E-state index in [4.69, 9.17) is 0 Å². The van der Waals surface area contributed by atoms with Gasteiger partial charge in [-0.1, -0.05) is 42.5 Å². The van der Waals surface area contributed by atoms with Gasteiger partial charge in [-0.25, -0.2) is 4.79 Å². The first-order valence-electron chi connectivity index (χ1n) is 11.2. The van der Waals surface area contributed by atoms with Crippen molar-refractivity contribution in [3.05, 3.63) is 99.9 Å². The predicted octanol–water partition coefficient (Wildman–Crippen LogP) is 4.42. The summed E-state index contributed by atoms with van der Waals surface area (Å²) < 4.78 is 5.40. The van der Waals surface area contributed by atoms with Crippen LogP contribution in [0.4, 0.5) is 0 Å². The number of carboxylic acid groups (broad SMARTS) is 1. The van der Waals surface area contributed by atoms with Crippen LogP contribution in [0.2, 0.25) is 0 Å². The highest BCUT2D eigenvalue weighted by Crippen LogP contribution is 2.28. The highest BCUT2D eigenvalue weighted by Gasteiger charge is 2.25. The van der Waals surface area contributed by atoms with Gasteiger partial charge in [-0.15, -0.1) is 0 Å². The molecular weight excluding hydrogens is 428 g/mol. The fraction of sp³-hybridized carbons (Fsp3) is 0.222. The van der Waals surface area contributed by atoms with E-state index in [0.717, 1.165) is 33.3 Å². The zero-order chi connectivity index (χ0) is 24.0. The molecule has 0 aliphatic heterocycles. The van der Waals surface area contributed by atoms with E-state index < -0.39 is 12.0 Å². The number of aryl methyl sites for hydroxylation is 3. The minimum absolute atomic E-state index is 0.197. The molecule has 1 unspecified atom stereocenters. The summed E-state index contributed by atoms with van der Waals surface area (Å²) in [6.07, 6.45) is 3.57. The zero-order valence-corrected chi connectivity index (χ0v) is 19.4. The molecule has 0 saturated carbocycles. The smallest absolute Gasteiger partial charge is 0.330 e. The van der Waals surface area contributed by atoms with Gasteiger partial charge >= 0.3 is 11.7 Å². The lowest BCUT2D eigenvalue weighted by molar-refractivity contribution is -0.137. The first kappa shape index (κ1) is 21.7. The summed E-state index contributed by atoms with van der Waals surface area (Å²) in [5.41, 5.74) is 5.95. The van der Waals surface area contributed by atoms with Crippen molar-refractivity contribution in [2.24, 2.45) is 7.05 Å². The van der Waals surface area contributed by atoms with Crippen LogP contribution in [0.5, 0.6) is 0 Å². The maximum atomic E-state index is 13.9. The molecule has 3 heterocycles. The zero-order valence-electron chi connectivity index (χ0n) is 19.4. The number of pyridine rings is 1. The lowest BCUT2D eigenvalue weighted by atomic mass is 10.0. The summed E-state index contributed by atoms with van der Waals surface area (Å²) in [5, 5.41) is 10.8. The van der Waals surface area contributed by atoms with Crippen LogP contribution in [0.3, 0.4) is 0 Å². The van der Waals surface area contributed by atoms with Crippen LogP contribution < -0.4 is 5.69 Å². The summed E-state index contributed by atoms with van der Waals surface area (Å²) in [4.78, 5) is 30.2. The Morgan fingerprint density at radius 2 is 1.79 bits per heavy atom. The van der Waals surface area contributed by atoms with Gasteiger partial charge < -0.3 is 9.67 Å².